The van der Waals surface area contributed by atoms with E-state index >= 15 is 0 Å². The number of aryl methyl sites for hydroxylation is 1. The maximum absolute atomic E-state index is 13.4. The fraction of sp³-hybridized carbons (Fsp3) is 0.211. The largest absolute Gasteiger partial charge is 0.353 e. The highest BCUT2D eigenvalue weighted by atomic mass is 19.1. The monoisotopic (exact) mass is 357 g/mol. The lowest BCUT2D eigenvalue weighted by molar-refractivity contribution is -0.120. The molecule has 0 saturated heterocycles. The van der Waals surface area contributed by atoms with Crippen LogP contribution < -0.4 is 16.0 Å². The highest BCUT2D eigenvalue weighted by molar-refractivity contribution is 5.96. The lowest BCUT2D eigenvalue weighted by atomic mass is 10.1. The minimum atomic E-state index is -0.444. The predicted octanol–water partition coefficient (Wildman–Crippen LogP) is 1.41. The summed E-state index contributed by atoms with van der Waals surface area (Å²) >= 11 is 0. The van der Waals surface area contributed by atoms with Crippen molar-refractivity contribution >= 4 is 17.7 Å². The van der Waals surface area contributed by atoms with E-state index < -0.39 is 11.7 Å². The van der Waals surface area contributed by atoms with E-state index in [1.807, 2.05) is 0 Å². The Hall–Kier alpha value is -3.22. The van der Waals surface area contributed by atoms with Crippen molar-refractivity contribution in [2.75, 3.05) is 19.6 Å². The van der Waals surface area contributed by atoms with Gasteiger partial charge >= 0.3 is 0 Å². The van der Waals surface area contributed by atoms with Crippen molar-refractivity contribution in [3.8, 4) is 0 Å². The molecule has 0 unspecified atom stereocenters. The first-order valence-electron chi connectivity index (χ1n) is 8.11. The van der Waals surface area contributed by atoms with E-state index in [0.717, 1.165) is 0 Å². The number of hydrogen-bond acceptors (Lipinski definition) is 3. The van der Waals surface area contributed by atoms with E-state index in [-0.39, 0.29) is 37.0 Å². The van der Waals surface area contributed by atoms with Crippen LogP contribution in [0.3, 0.4) is 0 Å². The first kappa shape index (κ1) is 19.1. The fourth-order valence-corrected chi connectivity index (χ4v) is 2.13. The average Bonchev–Trinajstić information content (AvgIpc) is 2.66. The van der Waals surface area contributed by atoms with E-state index in [1.54, 1.807) is 37.3 Å². The lowest BCUT2D eigenvalue weighted by Gasteiger charge is -2.09. The third-order valence-electron chi connectivity index (χ3n) is 3.61. The Balaban J connectivity index is 1.66. The molecule has 6 nitrogen and oxygen atoms in total. The van der Waals surface area contributed by atoms with Gasteiger partial charge in [-0.2, -0.15) is 0 Å². The normalized spacial score (nSPS) is 10.1. The van der Waals surface area contributed by atoms with Crippen molar-refractivity contribution in [2.45, 2.75) is 6.92 Å². The van der Waals surface area contributed by atoms with Crippen LogP contribution in [0, 0.1) is 12.7 Å². The van der Waals surface area contributed by atoms with Gasteiger partial charge in [0.05, 0.1) is 6.54 Å². The van der Waals surface area contributed by atoms with Crippen LogP contribution in [-0.4, -0.2) is 37.4 Å². The van der Waals surface area contributed by atoms with Crippen molar-refractivity contribution in [3.63, 3.8) is 0 Å². The van der Waals surface area contributed by atoms with Crippen molar-refractivity contribution in [2.24, 2.45) is 0 Å². The third kappa shape index (κ3) is 5.70. The Kier molecular flexibility index (Phi) is 6.84. The maximum Gasteiger partial charge on any atom is 0.251 e. The molecule has 0 heterocycles. The molecule has 0 spiro atoms. The van der Waals surface area contributed by atoms with Gasteiger partial charge in [-0.3, -0.25) is 14.4 Å². The van der Waals surface area contributed by atoms with Gasteiger partial charge in [-0.1, -0.05) is 24.3 Å². The summed E-state index contributed by atoms with van der Waals surface area (Å²) < 4.78 is 13.4. The highest BCUT2D eigenvalue weighted by Crippen LogP contribution is 2.08. The van der Waals surface area contributed by atoms with Crippen LogP contribution in [-0.2, 0) is 4.79 Å². The van der Waals surface area contributed by atoms with Gasteiger partial charge in [-0.15, -0.1) is 0 Å². The summed E-state index contributed by atoms with van der Waals surface area (Å²) in [6, 6.07) is 12.8. The number of rotatable bonds is 7. The number of halogens is 1. The number of amides is 3. The van der Waals surface area contributed by atoms with Crippen LogP contribution in [0.1, 0.15) is 26.3 Å². The second-order valence-corrected chi connectivity index (χ2v) is 5.62. The van der Waals surface area contributed by atoms with Gasteiger partial charge in [0.25, 0.3) is 11.8 Å². The first-order chi connectivity index (χ1) is 12.5. The number of carbonyl (C=O) groups excluding carboxylic acids is 3. The molecule has 2 rings (SSSR count). The number of carbonyl (C=O) groups is 3. The third-order valence-corrected chi connectivity index (χ3v) is 3.61. The summed E-state index contributed by atoms with van der Waals surface area (Å²) in [4.78, 5) is 35.4. The van der Waals surface area contributed by atoms with E-state index in [4.69, 9.17) is 0 Å². The molecule has 0 aliphatic rings. The van der Waals surface area contributed by atoms with Crippen LogP contribution in [0.4, 0.5) is 4.39 Å². The van der Waals surface area contributed by atoms with E-state index in [1.165, 1.54) is 18.2 Å². The summed E-state index contributed by atoms with van der Waals surface area (Å²) in [7, 11) is 0. The van der Waals surface area contributed by atoms with Crippen LogP contribution in [0.25, 0.3) is 0 Å². The van der Waals surface area contributed by atoms with Crippen LogP contribution in [0.2, 0.25) is 0 Å². The molecule has 0 bridgehead atoms. The lowest BCUT2D eigenvalue weighted by Crippen LogP contribution is -2.40. The van der Waals surface area contributed by atoms with Gasteiger partial charge in [0.15, 0.2) is 0 Å². The van der Waals surface area contributed by atoms with Gasteiger partial charge < -0.3 is 16.0 Å². The molecule has 3 N–H and O–H groups in total. The molecule has 7 heteroatoms. The van der Waals surface area contributed by atoms with E-state index in [9.17, 15) is 18.8 Å². The molecule has 0 aliphatic carbocycles. The molecule has 136 valence electrons. The Labute approximate surface area is 150 Å². The molecule has 0 atom stereocenters. The van der Waals surface area contributed by atoms with Gasteiger partial charge in [-0.05, 0) is 36.8 Å². The van der Waals surface area contributed by atoms with Crippen LogP contribution >= 0.6 is 0 Å². The van der Waals surface area contributed by atoms with Crippen molar-refractivity contribution in [1.29, 1.82) is 0 Å². The molecule has 2 aromatic rings. The van der Waals surface area contributed by atoms with Gasteiger partial charge in [0, 0.05) is 24.2 Å². The molecule has 0 aromatic heterocycles. The molecule has 0 aliphatic heterocycles. The molecule has 0 saturated carbocycles. The van der Waals surface area contributed by atoms with Gasteiger partial charge in [0.2, 0.25) is 5.91 Å². The van der Waals surface area contributed by atoms with Crippen molar-refractivity contribution in [3.05, 3.63) is 71.0 Å². The molecular weight excluding hydrogens is 337 g/mol. The molecule has 0 fully saturated rings. The number of benzene rings is 2. The first-order valence-corrected chi connectivity index (χ1v) is 8.11. The molecule has 0 radical (unpaired) electrons. The SMILES string of the molecule is Cc1ccc(C(=O)NCCNC(=O)CNC(=O)c2ccccc2)cc1F. The molecule has 2 aromatic carbocycles. The minimum absolute atomic E-state index is 0.162. The van der Waals surface area contributed by atoms with E-state index in [0.29, 0.717) is 11.1 Å². The number of nitrogens with one attached hydrogen (secondary N) is 3. The summed E-state index contributed by atoms with van der Waals surface area (Å²) in [5.41, 5.74) is 1.15. The Morgan fingerprint density at radius 2 is 1.50 bits per heavy atom. The second kappa shape index (κ2) is 9.31. The Bertz CT molecular complexity index is 794. The van der Waals surface area contributed by atoms with Crippen molar-refractivity contribution in [1.82, 2.24) is 16.0 Å². The Morgan fingerprint density at radius 3 is 2.19 bits per heavy atom. The standard InChI is InChI=1S/C19H20FN3O3/c1-13-7-8-15(11-16(13)20)19(26)22-10-9-21-17(24)12-23-18(25)14-5-3-2-4-6-14/h2-8,11H,9-10,12H2,1H3,(H,21,24)(H,22,26)(H,23,25). The number of hydrogen-bond donors (Lipinski definition) is 3. The summed E-state index contributed by atoms with van der Waals surface area (Å²) in [6.45, 7) is 1.83. The molecule has 3 amide bonds. The summed E-state index contributed by atoms with van der Waals surface area (Å²) in [5, 5.41) is 7.66. The molecule has 26 heavy (non-hydrogen) atoms. The highest BCUT2D eigenvalue weighted by Gasteiger charge is 2.09. The zero-order valence-corrected chi connectivity index (χ0v) is 14.3. The smallest absolute Gasteiger partial charge is 0.251 e. The minimum Gasteiger partial charge on any atom is -0.353 e. The fourth-order valence-electron chi connectivity index (χ4n) is 2.13. The zero-order chi connectivity index (χ0) is 18.9. The second-order valence-electron chi connectivity index (χ2n) is 5.62. The quantitative estimate of drug-likeness (QED) is 0.655. The van der Waals surface area contributed by atoms with Gasteiger partial charge in [0.1, 0.15) is 5.82 Å². The van der Waals surface area contributed by atoms with Crippen LogP contribution in [0.15, 0.2) is 48.5 Å². The predicted molar refractivity (Wildman–Crippen MR) is 95.3 cm³/mol. The molecular formula is C19H20FN3O3. The topological polar surface area (TPSA) is 87.3 Å². The summed E-state index contributed by atoms with van der Waals surface area (Å²) in [5.74, 6) is -1.57. The van der Waals surface area contributed by atoms with E-state index in [2.05, 4.69) is 16.0 Å². The summed E-state index contributed by atoms with van der Waals surface area (Å²) in [6.07, 6.45) is 0. The van der Waals surface area contributed by atoms with Crippen molar-refractivity contribution < 1.29 is 18.8 Å². The van der Waals surface area contributed by atoms with Gasteiger partial charge in [-0.25, -0.2) is 4.39 Å². The Morgan fingerprint density at radius 1 is 0.846 bits per heavy atom. The maximum atomic E-state index is 13.4. The zero-order valence-electron chi connectivity index (χ0n) is 14.3. The average molecular weight is 357 g/mol. The van der Waals surface area contributed by atoms with Crippen LogP contribution in [0.5, 0.6) is 0 Å².